The van der Waals surface area contributed by atoms with E-state index in [9.17, 15) is 0 Å². The van der Waals surface area contributed by atoms with Crippen LogP contribution in [0, 0.1) is 0 Å². The third kappa shape index (κ3) is 5.88. The molecule has 0 saturated carbocycles. The lowest BCUT2D eigenvalue weighted by Gasteiger charge is -2.35. The first-order valence-electron chi connectivity index (χ1n) is 25.8. The third-order valence-electron chi connectivity index (χ3n) is 16.3. The molecule has 1 spiro atoms. The molecule has 3 aliphatic rings. The van der Waals surface area contributed by atoms with Gasteiger partial charge in [0.2, 0.25) is 0 Å². The van der Waals surface area contributed by atoms with Crippen molar-refractivity contribution in [1.29, 1.82) is 0 Å². The van der Waals surface area contributed by atoms with E-state index in [1.54, 1.807) is 0 Å². The van der Waals surface area contributed by atoms with E-state index in [1.807, 2.05) is 0 Å². The highest BCUT2D eigenvalue weighted by atomic mass is 15.1. The summed E-state index contributed by atoms with van der Waals surface area (Å²) in [6.07, 6.45) is 0. The first kappa shape index (κ1) is 42.2. The van der Waals surface area contributed by atoms with Crippen molar-refractivity contribution in [3.05, 3.63) is 336 Å². The molecule has 346 valence electrons. The third-order valence-corrected chi connectivity index (χ3v) is 16.3. The molecule has 15 rings (SSSR count). The van der Waals surface area contributed by atoms with Crippen LogP contribution in [0.5, 0.6) is 0 Å². The molecule has 0 bridgehead atoms. The zero-order valence-electron chi connectivity index (χ0n) is 40.6. The van der Waals surface area contributed by atoms with E-state index >= 15 is 0 Å². The monoisotopic (exact) mass is 940 g/mol. The zero-order chi connectivity index (χ0) is 48.8. The molecule has 12 aromatic rings. The van der Waals surface area contributed by atoms with Crippen LogP contribution < -0.4 is 9.80 Å². The highest BCUT2D eigenvalue weighted by molar-refractivity contribution is 6.12. The van der Waals surface area contributed by atoms with Gasteiger partial charge in [0.25, 0.3) is 0 Å². The Bertz CT molecular complexity index is 4050. The summed E-state index contributed by atoms with van der Waals surface area (Å²) in [5.41, 5.74) is 23.4. The summed E-state index contributed by atoms with van der Waals surface area (Å²) in [5, 5.41) is 2.43. The minimum absolute atomic E-state index is 0.555. The van der Waals surface area contributed by atoms with Crippen molar-refractivity contribution in [3.8, 4) is 33.4 Å². The molecule has 0 fully saturated rings. The summed E-state index contributed by atoms with van der Waals surface area (Å²) < 4.78 is 0. The molecule has 2 nitrogen and oxygen atoms in total. The van der Waals surface area contributed by atoms with Gasteiger partial charge in [0, 0.05) is 33.8 Å². The molecule has 0 N–H and O–H groups in total. The molecule has 0 amide bonds. The maximum atomic E-state index is 2.57. The molecule has 0 aliphatic heterocycles. The van der Waals surface area contributed by atoms with Gasteiger partial charge >= 0.3 is 0 Å². The number of benzene rings is 12. The van der Waals surface area contributed by atoms with Crippen LogP contribution >= 0.6 is 0 Å². The van der Waals surface area contributed by atoms with Gasteiger partial charge < -0.3 is 9.80 Å². The molecular weight excluding hydrogens is 893 g/mol. The normalized spacial score (nSPS) is 14.9. The van der Waals surface area contributed by atoms with Crippen molar-refractivity contribution >= 4 is 44.9 Å². The molecule has 1 atom stereocenters. The van der Waals surface area contributed by atoms with E-state index in [0.29, 0.717) is 0 Å². The van der Waals surface area contributed by atoms with E-state index in [0.717, 1.165) is 34.1 Å². The lowest BCUT2D eigenvalue weighted by atomic mass is 9.67. The van der Waals surface area contributed by atoms with Gasteiger partial charge in [-0.2, -0.15) is 0 Å². The smallest absolute Gasteiger partial charge is 0.0727 e. The van der Waals surface area contributed by atoms with Crippen LogP contribution in [0.15, 0.2) is 291 Å². The SMILES string of the molecule is c1ccc(N(c2ccccc2)c2ccc3c(c2)C2(c4ccccc4-3)c3ccccc3-c3c2cc(N(c2ccccc2)c2ccc4c(c2)C(c2ccccc2)(c2ccccc2)c2ccccc2-4)c2ccccc32)cc1. The summed E-state index contributed by atoms with van der Waals surface area (Å²) in [4.78, 5) is 4.94. The number of hydrogen-bond donors (Lipinski definition) is 0. The molecule has 0 radical (unpaired) electrons. The predicted octanol–water partition coefficient (Wildman–Crippen LogP) is 18.5. The van der Waals surface area contributed by atoms with Crippen LogP contribution in [-0.4, -0.2) is 0 Å². The zero-order valence-corrected chi connectivity index (χ0v) is 40.6. The number of hydrogen-bond acceptors (Lipinski definition) is 2. The Morgan fingerprint density at radius 1 is 0.216 bits per heavy atom. The Morgan fingerprint density at radius 3 is 1.11 bits per heavy atom. The van der Waals surface area contributed by atoms with Gasteiger partial charge in [0.1, 0.15) is 0 Å². The average Bonchev–Trinajstić information content (AvgIpc) is 4.06. The van der Waals surface area contributed by atoms with Crippen LogP contribution in [0.4, 0.5) is 34.1 Å². The van der Waals surface area contributed by atoms with Gasteiger partial charge in [-0.05, 0) is 150 Å². The van der Waals surface area contributed by atoms with Gasteiger partial charge in [0.15, 0.2) is 0 Å². The minimum atomic E-state index is -0.636. The standard InChI is InChI=1S/C72H48N2/c1-6-24-49(25-7-1)71(50-26-8-2-9-27-50)63-39-21-18-34-56(63)58-45-43-55(47-66(58)71)74(53-32-14-5-15-33-53)69-48-68-70(61-37-17-16-36-60(61)69)62-38-20-23-41-65(62)72(68)64-40-22-19-35-57(64)59-44-42-54(46-67(59)72)73(51-28-10-3-11-29-51)52-30-12-4-13-31-52/h1-48H. The topological polar surface area (TPSA) is 6.48 Å². The second-order valence-corrected chi connectivity index (χ2v) is 19.9. The molecule has 0 aromatic heterocycles. The van der Waals surface area contributed by atoms with Crippen LogP contribution in [0.25, 0.3) is 44.2 Å². The fraction of sp³-hybridized carbons (Fsp3) is 0.0278. The number of para-hydroxylation sites is 3. The highest BCUT2D eigenvalue weighted by Crippen LogP contribution is 2.66. The molecule has 3 aliphatic carbocycles. The summed E-state index contributed by atoms with van der Waals surface area (Å²) in [5.74, 6) is 0. The first-order valence-corrected chi connectivity index (χ1v) is 25.8. The molecule has 1 unspecified atom stereocenters. The van der Waals surface area contributed by atoms with Crippen LogP contribution in [0.2, 0.25) is 0 Å². The Morgan fingerprint density at radius 2 is 0.581 bits per heavy atom. The maximum absolute atomic E-state index is 2.57. The summed E-state index contributed by atoms with van der Waals surface area (Å²) in [6, 6.07) is 108. The lowest BCUT2D eigenvalue weighted by molar-refractivity contribution is 0.768. The Kier molecular flexibility index (Phi) is 9.43. The highest BCUT2D eigenvalue weighted by Gasteiger charge is 2.53. The predicted molar refractivity (Wildman–Crippen MR) is 307 cm³/mol. The number of nitrogens with zero attached hydrogens (tertiary/aromatic N) is 2. The Balaban J connectivity index is 1.03. The van der Waals surface area contributed by atoms with E-state index in [2.05, 4.69) is 301 Å². The lowest BCUT2D eigenvalue weighted by Crippen LogP contribution is -2.28. The van der Waals surface area contributed by atoms with E-state index in [4.69, 9.17) is 0 Å². The number of rotatable bonds is 8. The van der Waals surface area contributed by atoms with Gasteiger partial charge in [-0.3, -0.25) is 0 Å². The molecule has 0 saturated heterocycles. The van der Waals surface area contributed by atoms with E-state index in [-0.39, 0.29) is 0 Å². The van der Waals surface area contributed by atoms with Crippen molar-refractivity contribution in [2.24, 2.45) is 0 Å². The quantitative estimate of drug-likeness (QED) is 0.150. The van der Waals surface area contributed by atoms with E-state index in [1.165, 1.54) is 88.7 Å². The van der Waals surface area contributed by atoms with E-state index < -0.39 is 10.8 Å². The largest absolute Gasteiger partial charge is 0.310 e. The average molecular weight is 941 g/mol. The Labute approximate surface area is 432 Å². The summed E-state index contributed by atoms with van der Waals surface area (Å²) in [6.45, 7) is 0. The Hall–Kier alpha value is -9.50. The minimum Gasteiger partial charge on any atom is -0.310 e. The molecule has 0 heterocycles. The molecule has 2 heteroatoms. The van der Waals surface area contributed by atoms with Crippen molar-refractivity contribution in [1.82, 2.24) is 0 Å². The number of fused-ring (bicyclic) bond motifs is 15. The first-order chi connectivity index (χ1) is 36.7. The van der Waals surface area contributed by atoms with Crippen molar-refractivity contribution in [2.75, 3.05) is 9.80 Å². The van der Waals surface area contributed by atoms with Crippen LogP contribution in [0.3, 0.4) is 0 Å². The van der Waals surface area contributed by atoms with Gasteiger partial charge in [-0.25, -0.2) is 0 Å². The van der Waals surface area contributed by atoms with Crippen molar-refractivity contribution in [2.45, 2.75) is 10.8 Å². The fourth-order valence-corrected chi connectivity index (χ4v) is 13.5. The summed E-state index contributed by atoms with van der Waals surface area (Å²) >= 11 is 0. The number of anilines is 6. The molecule has 12 aromatic carbocycles. The summed E-state index contributed by atoms with van der Waals surface area (Å²) in [7, 11) is 0. The fourth-order valence-electron chi connectivity index (χ4n) is 13.5. The van der Waals surface area contributed by atoms with Crippen LogP contribution in [-0.2, 0) is 10.8 Å². The maximum Gasteiger partial charge on any atom is 0.0727 e. The van der Waals surface area contributed by atoms with Gasteiger partial charge in [-0.1, -0.05) is 224 Å². The van der Waals surface area contributed by atoms with Gasteiger partial charge in [0.05, 0.1) is 16.5 Å². The van der Waals surface area contributed by atoms with Gasteiger partial charge in [-0.15, -0.1) is 0 Å². The second kappa shape index (κ2) is 16.5. The molecular formula is C72H48N2. The van der Waals surface area contributed by atoms with Crippen molar-refractivity contribution < 1.29 is 0 Å². The van der Waals surface area contributed by atoms with Crippen LogP contribution in [0.1, 0.15) is 44.5 Å². The molecule has 74 heavy (non-hydrogen) atoms. The van der Waals surface area contributed by atoms with Crippen molar-refractivity contribution in [3.63, 3.8) is 0 Å². The second-order valence-electron chi connectivity index (χ2n) is 19.9.